The number of rotatable bonds is 4. The maximum atomic E-state index is 3.49. The van der Waals surface area contributed by atoms with Crippen LogP contribution in [0, 0.1) is 6.08 Å². The van der Waals surface area contributed by atoms with E-state index in [1.165, 1.54) is 6.42 Å². The second kappa shape index (κ2) is 22.4. The molecule has 0 aliphatic carbocycles. The molecule has 1 heteroatoms. The molecule has 0 aromatic rings. The fourth-order valence-corrected chi connectivity index (χ4v) is 0.311. The van der Waals surface area contributed by atoms with Crippen molar-refractivity contribution in [2.45, 2.75) is 19.8 Å². The average molecular weight is 208 g/mol. The molecule has 0 heterocycles. The van der Waals surface area contributed by atoms with Crippen LogP contribution >= 0.6 is 0 Å². The fraction of sp³-hybridized carbons (Fsp3) is 0.273. The number of unbranched alkanes of at least 4 members (excludes halogenated alkanes) is 1. The van der Waals surface area contributed by atoms with E-state index >= 15 is 0 Å². The largest absolute Gasteiger partial charge is 0.255 e. The summed E-state index contributed by atoms with van der Waals surface area (Å²) in [6.45, 7) is 12.4. The van der Waals surface area contributed by atoms with Gasteiger partial charge in [-0.05, 0) is 0 Å². The Morgan fingerprint density at radius 2 is 1.67 bits per heavy atom. The third-order valence-corrected chi connectivity index (χ3v) is 0.835. The molecule has 0 amide bonds. The van der Waals surface area contributed by atoms with Crippen molar-refractivity contribution in [1.82, 2.24) is 0 Å². The Morgan fingerprint density at radius 1 is 1.17 bits per heavy atom. The predicted octanol–water partition coefficient (Wildman–Crippen LogP) is 3.69. The van der Waals surface area contributed by atoms with Crippen LogP contribution in [0.1, 0.15) is 19.8 Å². The molecule has 0 aromatic carbocycles. The monoisotopic (exact) mass is 208 g/mol. The number of hydrogen-bond donors (Lipinski definition) is 0. The average Bonchev–Trinajstić information content (AvgIpc) is 2.06. The molecule has 0 spiro atoms. The van der Waals surface area contributed by atoms with Crippen LogP contribution in [0.2, 0.25) is 0 Å². The predicted molar refractivity (Wildman–Crippen MR) is 53.3 cm³/mol. The van der Waals surface area contributed by atoms with Crippen LogP contribution in [0.25, 0.3) is 0 Å². The maximum absolute atomic E-state index is 3.49. The van der Waals surface area contributed by atoms with Gasteiger partial charge in [-0.3, -0.25) is 6.08 Å². The molecule has 0 saturated carbocycles. The van der Waals surface area contributed by atoms with E-state index in [1.54, 1.807) is 18.2 Å². The maximum Gasteiger partial charge on any atom is 0 e. The van der Waals surface area contributed by atoms with Gasteiger partial charge in [-0.15, -0.1) is 0 Å². The molecular weight excluding hydrogens is 191 g/mol. The van der Waals surface area contributed by atoms with Gasteiger partial charge in [0.1, 0.15) is 0 Å². The standard InChI is InChI=1S/C7H11.C4H6.Co/c1-3-5-7-6-4-2;1-3-4-2;/h3,7H,1,4,6H2,2H3;3-4H,1-2H2;/q-1;;. The normalized spacial score (nSPS) is 7.42. The van der Waals surface area contributed by atoms with Gasteiger partial charge in [0.2, 0.25) is 0 Å². The summed E-state index contributed by atoms with van der Waals surface area (Å²) in [6.07, 6.45) is 12.1. The van der Waals surface area contributed by atoms with Gasteiger partial charge in [0.05, 0.1) is 0 Å². The first kappa shape index (κ1) is 17.5. The van der Waals surface area contributed by atoms with Crippen LogP contribution in [-0.4, -0.2) is 0 Å². The van der Waals surface area contributed by atoms with Crippen LogP contribution in [0.4, 0.5) is 0 Å². The second-order valence-corrected chi connectivity index (χ2v) is 1.83. The molecular formula is C11H17Co-. The van der Waals surface area contributed by atoms with E-state index in [0.29, 0.717) is 0 Å². The molecule has 0 saturated heterocycles. The molecule has 1 radical (unpaired) electrons. The topological polar surface area (TPSA) is 0 Å². The van der Waals surface area contributed by atoms with Gasteiger partial charge in [0, 0.05) is 16.8 Å². The molecule has 0 aliphatic rings. The zero-order chi connectivity index (χ0) is 8.95. The van der Waals surface area contributed by atoms with E-state index in [-0.39, 0.29) is 16.8 Å². The molecule has 0 unspecified atom stereocenters. The van der Waals surface area contributed by atoms with E-state index in [0.717, 1.165) is 6.42 Å². The van der Waals surface area contributed by atoms with Crippen LogP contribution in [0.3, 0.4) is 0 Å². The van der Waals surface area contributed by atoms with Gasteiger partial charge in [-0.1, -0.05) is 45.1 Å². The second-order valence-electron chi connectivity index (χ2n) is 1.83. The van der Waals surface area contributed by atoms with Crippen molar-refractivity contribution in [1.29, 1.82) is 0 Å². The fourth-order valence-electron chi connectivity index (χ4n) is 0.311. The minimum atomic E-state index is 0. The van der Waals surface area contributed by atoms with E-state index in [9.17, 15) is 0 Å². The Labute approximate surface area is 87.0 Å². The molecule has 0 atom stereocenters. The third kappa shape index (κ3) is 34.0. The quantitative estimate of drug-likeness (QED) is 0.488. The summed E-state index contributed by atoms with van der Waals surface area (Å²) in [4.78, 5) is 0. The first-order valence-corrected chi connectivity index (χ1v) is 3.75. The van der Waals surface area contributed by atoms with Gasteiger partial charge in [-0.2, -0.15) is 6.08 Å². The Hall–Kier alpha value is -0.534. The zero-order valence-corrected chi connectivity index (χ0v) is 8.72. The molecule has 0 nitrogen and oxygen atoms in total. The van der Waals surface area contributed by atoms with Crippen LogP contribution < -0.4 is 0 Å². The Kier molecular flexibility index (Phi) is 32.8. The number of allylic oxidation sites excluding steroid dienone is 5. The zero-order valence-electron chi connectivity index (χ0n) is 7.68. The van der Waals surface area contributed by atoms with E-state index < -0.39 is 0 Å². The summed E-state index contributed by atoms with van der Waals surface area (Å²) in [5.41, 5.74) is 0. The van der Waals surface area contributed by atoms with Gasteiger partial charge in [-0.25, -0.2) is 12.7 Å². The van der Waals surface area contributed by atoms with Crippen LogP contribution in [-0.2, 0) is 16.8 Å². The Bertz CT molecular complexity index is 117. The van der Waals surface area contributed by atoms with Crippen molar-refractivity contribution in [3.63, 3.8) is 0 Å². The molecule has 0 bridgehead atoms. The van der Waals surface area contributed by atoms with Gasteiger partial charge in [0.15, 0.2) is 0 Å². The summed E-state index contributed by atoms with van der Waals surface area (Å²) >= 11 is 0. The Morgan fingerprint density at radius 3 is 1.92 bits per heavy atom. The van der Waals surface area contributed by atoms with Gasteiger partial charge >= 0.3 is 0 Å². The summed E-state index contributed by atoms with van der Waals surface area (Å²) in [6, 6.07) is 0. The minimum Gasteiger partial charge on any atom is -0.255 e. The van der Waals surface area contributed by atoms with E-state index in [1.807, 2.05) is 6.08 Å². The third-order valence-electron chi connectivity index (χ3n) is 0.835. The summed E-state index contributed by atoms with van der Waals surface area (Å²) < 4.78 is 0. The van der Waals surface area contributed by atoms with Gasteiger partial charge in [0.25, 0.3) is 0 Å². The van der Waals surface area contributed by atoms with Crippen molar-refractivity contribution < 1.29 is 16.8 Å². The van der Waals surface area contributed by atoms with Crippen molar-refractivity contribution >= 4 is 0 Å². The van der Waals surface area contributed by atoms with Crippen molar-refractivity contribution in [3.8, 4) is 0 Å². The van der Waals surface area contributed by atoms with E-state index in [4.69, 9.17) is 0 Å². The molecule has 0 aromatic heterocycles. The molecule has 0 fully saturated rings. The SMILES string of the molecule is C=CC=C.C=C[C-]=CCCC.[Co]. The van der Waals surface area contributed by atoms with Crippen LogP contribution in [0.15, 0.2) is 44.0 Å². The summed E-state index contributed by atoms with van der Waals surface area (Å²) in [5, 5.41) is 0. The first-order valence-electron chi connectivity index (χ1n) is 3.75. The molecule has 71 valence electrons. The molecule has 0 N–H and O–H groups in total. The van der Waals surface area contributed by atoms with Gasteiger partial charge < -0.3 is 0 Å². The minimum absolute atomic E-state index is 0. The number of hydrogen-bond acceptors (Lipinski definition) is 0. The molecule has 12 heavy (non-hydrogen) atoms. The van der Waals surface area contributed by atoms with Crippen molar-refractivity contribution in [2.75, 3.05) is 0 Å². The van der Waals surface area contributed by atoms with Crippen molar-refractivity contribution in [3.05, 3.63) is 50.1 Å². The van der Waals surface area contributed by atoms with E-state index in [2.05, 4.69) is 32.7 Å². The summed E-state index contributed by atoms with van der Waals surface area (Å²) in [7, 11) is 0. The molecule has 0 rings (SSSR count). The Balaban J connectivity index is -0.000000142. The molecule has 0 aliphatic heterocycles. The van der Waals surface area contributed by atoms with Crippen molar-refractivity contribution in [2.24, 2.45) is 0 Å². The first-order chi connectivity index (χ1) is 5.33. The summed E-state index contributed by atoms with van der Waals surface area (Å²) in [5.74, 6) is 0. The smallest absolute Gasteiger partial charge is 0 e. The van der Waals surface area contributed by atoms with Crippen LogP contribution in [0.5, 0.6) is 0 Å².